The number of hydrogen-bond acceptors (Lipinski definition) is 4. The van der Waals surface area contributed by atoms with Gasteiger partial charge in [-0.2, -0.15) is 0 Å². The maximum atomic E-state index is 13.0. The van der Waals surface area contributed by atoms with Crippen LogP contribution in [0.2, 0.25) is 0 Å². The average molecular weight is 394 g/mol. The van der Waals surface area contributed by atoms with Gasteiger partial charge in [0.2, 0.25) is 5.91 Å². The van der Waals surface area contributed by atoms with Crippen LogP contribution >= 0.6 is 0 Å². The normalized spacial score (nSPS) is 19.2. The van der Waals surface area contributed by atoms with E-state index in [0.29, 0.717) is 13.0 Å². The van der Waals surface area contributed by atoms with Crippen molar-refractivity contribution in [3.63, 3.8) is 0 Å². The molecule has 0 radical (unpaired) electrons. The predicted molar refractivity (Wildman–Crippen MR) is 116 cm³/mol. The van der Waals surface area contributed by atoms with Crippen molar-refractivity contribution in [2.75, 3.05) is 32.1 Å². The summed E-state index contributed by atoms with van der Waals surface area (Å²) in [5, 5.41) is 3.80. The number of rotatable bonds is 4. The van der Waals surface area contributed by atoms with E-state index in [1.165, 1.54) is 16.8 Å². The van der Waals surface area contributed by atoms with E-state index >= 15 is 0 Å². The molecule has 29 heavy (non-hydrogen) atoms. The topological polar surface area (TPSA) is 44.8 Å². The predicted octanol–water partition coefficient (Wildman–Crippen LogP) is 3.89. The Hall–Kier alpha value is -2.53. The molecule has 2 aromatic rings. The molecule has 1 fully saturated rings. The van der Waals surface area contributed by atoms with Crippen molar-refractivity contribution in [2.24, 2.45) is 0 Å². The van der Waals surface area contributed by atoms with Gasteiger partial charge in [-0.1, -0.05) is 36.4 Å². The third-order valence-corrected chi connectivity index (χ3v) is 6.40. The largest absolute Gasteiger partial charge is 0.496 e. The Morgan fingerprint density at radius 1 is 1.07 bits per heavy atom. The molecular weight excluding hydrogens is 362 g/mol. The molecule has 0 atom stereocenters. The lowest BCUT2D eigenvalue weighted by Crippen LogP contribution is -2.53. The Morgan fingerprint density at radius 3 is 2.55 bits per heavy atom. The lowest BCUT2D eigenvalue weighted by Gasteiger charge is -2.45. The molecule has 5 heteroatoms. The molecule has 0 unspecified atom stereocenters. The van der Waals surface area contributed by atoms with Crippen LogP contribution in [0.1, 0.15) is 37.3 Å². The number of likely N-dealkylation sites (tertiary alicyclic amines) is 1. The maximum Gasteiger partial charge on any atom is 0.225 e. The van der Waals surface area contributed by atoms with Crippen LogP contribution in [0.5, 0.6) is 5.75 Å². The number of para-hydroxylation sites is 2. The Kier molecular flexibility index (Phi) is 5.76. The first-order chi connectivity index (χ1) is 14.1. The minimum absolute atomic E-state index is 0.168. The van der Waals surface area contributed by atoms with E-state index in [9.17, 15) is 4.79 Å². The van der Waals surface area contributed by atoms with E-state index in [1.54, 1.807) is 7.11 Å². The summed E-state index contributed by atoms with van der Waals surface area (Å²) >= 11 is 0. The van der Waals surface area contributed by atoms with Crippen molar-refractivity contribution in [3.05, 3.63) is 59.7 Å². The Bertz CT molecular complexity index is 859. The van der Waals surface area contributed by atoms with Crippen LogP contribution in [0.25, 0.3) is 0 Å². The number of carbonyl (C=O) groups excluding carboxylic acids is 1. The van der Waals surface area contributed by atoms with Gasteiger partial charge in [-0.05, 0) is 37.5 Å². The van der Waals surface area contributed by atoms with E-state index in [2.05, 4.69) is 53.5 Å². The molecule has 0 aromatic heterocycles. The summed E-state index contributed by atoms with van der Waals surface area (Å²) in [6, 6.07) is 16.7. The summed E-state index contributed by atoms with van der Waals surface area (Å²) in [5.41, 5.74) is 3.43. The van der Waals surface area contributed by atoms with E-state index < -0.39 is 0 Å². The molecule has 4 rings (SSSR count). The zero-order valence-electron chi connectivity index (χ0n) is 17.5. The molecule has 2 aliphatic heterocycles. The van der Waals surface area contributed by atoms with Crippen LogP contribution in [0, 0.1) is 0 Å². The molecule has 2 aromatic carbocycles. The van der Waals surface area contributed by atoms with Crippen LogP contribution in [-0.4, -0.2) is 48.0 Å². The first-order valence-electron chi connectivity index (χ1n) is 10.6. The van der Waals surface area contributed by atoms with Crippen LogP contribution in [0.4, 0.5) is 5.69 Å². The van der Waals surface area contributed by atoms with Crippen molar-refractivity contribution in [3.8, 4) is 5.75 Å². The Labute approximate surface area is 173 Å². The van der Waals surface area contributed by atoms with Gasteiger partial charge < -0.3 is 15.0 Å². The minimum atomic E-state index is -0.168. The first-order valence-corrected chi connectivity index (χ1v) is 10.6. The fourth-order valence-corrected chi connectivity index (χ4v) is 4.61. The van der Waals surface area contributed by atoms with Crippen LogP contribution < -0.4 is 10.1 Å². The number of nitrogens with one attached hydrogen (secondary N) is 1. The summed E-state index contributed by atoms with van der Waals surface area (Å²) in [7, 11) is 1.73. The van der Waals surface area contributed by atoms with Crippen molar-refractivity contribution in [1.29, 1.82) is 0 Å². The molecule has 154 valence electrons. The molecule has 1 saturated heterocycles. The van der Waals surface area contributed by atoms with Gasteiger partial charge in [0.1, 0.15) is 5.75 Å². The quantitative estimate of drug-likeness (QED) is 0.856. The van der Waals surface area contributed by atoms with Crippen LogP contribution in [0.15, 0.2) is 48.5 Å². The van der Waals surface area contributed by atoms with Crippen LogP contribution in [-0.2, 0) is 17.9 Å². The highest BCUT2D eigenvalue weighted by atomic mass is 16.5. The molecule has 5 nitrogen and oxygen atoms in total. The van der Waals surface area contributed by atoms with E-state index in [1.807, 2.05) is 17.0 Å². The number of amides is 1. The molecule has 1 amide bonds. The standard InChI is InChI=1S/C24H31N3O2/c1-3-27-18-19-8-4-6-10-21(19)25-24(16-23(27)28)12-14-26(15-13-24)17-20-9-5-7-11-22(20)29-2/h4-11,25H,3,12-18H2,1-2H3. The van der Waals surface area contributed by atoms with Gasteiger partial charge in [-0.25, -0.2) is 0 Å². The number of piperidine rings is 1. The second-order valence-electron chi connectivity index (χ2n) is 8.24. The maximum absolute atomic E-state index is 13.0. The lowest BCUT2D eigenvalue weighted by atomic mass is 9.82. The zero-order valence-corrected chi connectivity index (χ0v) is 17.5. The third-order valence-electron chi connectivity index (χ3n) is 6.40. The smallest absolute Gasteiger partial charge is 0.225 e. The molecule has 0 saturated carbocycles. The highest BCUT2D eigenvalue weighted by Gasteiger charge is 2.39. The molecule has 2 aliphatic rings. The van der Waals surface area contributed by atoms with Gasteiger partial charge >= 0.3 is 0 Å². The SMILES string of the molecule is CCN1Cc2ccccc2NC2(CCN(Cc3ccccc3OC)CC2)CC1=O. The van der Waals surface area contributed by atoms with Crippen molar-refractivity contribution in [2.45, 2.75) is 44.8 Å². The first kappa shape index (κ1) is 19.8. The summed E-state index contributed by atoms with van der Waals surface area (Å²) in [4.78, 5) is 17.5. The second kappa shape index (κ2) is 8.46. The molecule has 2 heterocycles. The van der Waals surface area contributed by atoms with Gasteiger partial charge in [0.05, 0.1) is 7.11 Å². The number of methoxy groups -OCH3 is 1. The van der Waals surface area contributed by atoms with Gasteiger partial charge in [-0.15, -0.1) is 0 Å². The van der Waals surface area contributed by atoms with Crippen molar-refractivity contribution >= 4 is 11.6 Å². The van der Waals surface area contributed by atoms with Gasteiger partial charge in [-0.3, -0.25) is 9.69 Å². The summed E-state index contributed by atoms with van der Waals surface area (Å²) < 4.78 is 5.52. The third kappa shape index (κ3) is 4.25. The molecule has 1 spiro atoms. The highest BCUT2D eigenvalue weighted by Crippen LogP contribution is 2.35. The minimum Gasteiger partial charge on any atom is -0.496 e. The number of anilines is 1. The number of nitrogens with zero attached hydrogens (tertiary/aromatic N) is 2. The monoisotopic (exact) mass is 393 g/mol. The second-order valence-corrected chi connectivity index (χ2v) is 8.24. The summed E-state index contributed by atoms with van der Waals surface area (Å²) in [5.74, 6) is 1.20. The van der Waals surface area contributed by atoms with Crippen LogP contribution in [0.3, 0.4) is 0 Å². The van der Waals surface area contributed by atoms with E-state index in [4.69, 9.17) is 4.74 Å². The molecule has 0 aliphatic carbocycles. The van der Waals surface area contributed by atoms with E-state index in [0.717, 1.165) is 44.8 Å². The molecular formula is C24H31N3O2. The summed E-state index contributed by atoms with van der Waals surface area (Å²) in [6.07, 6.45) is 2.48. The molecule has 0 bridgehead atoms. The average Bonchev–Trinajstić information content (AvgIpc) is 2.74. The highest BCUT2D eigenvalue weighted by molar-refractivity contribution is 5.79. The Morgan fingerprint density at radius 2 is 1.79 bits per heavy atom. The fourth-order valence-electron chi connectivity index (χ4n) is 4.61. The number of ether oxygens (including phenoxy) is 1. The number of fused-ring (bicyclic) bond motifs is 1. The van der Waals surface area contributed by atoms with Crippen molar-refractivity contribution < 1.29 is 9.53 Å². The number of hydrogen-bond donors (Lipinski definition) is 1. The number of benzene rings is 2. The fraction of sp³-hybridized carbons (Fsp3) is 0.458. The van der Waals surface area contributed by atoms with Gasteiger partial charge in [0.25, 0.3) is 0 Å². The molecule has 1 N–H and O–H groups in total. The zero-order chi connectivity index (χ0) is 20.3. The number of carbonyl (C=O) groups is 1. The van der Waals surface area contributed by atoms with Gasteiger partial charge in [0, 0.05) is 55.9 Å². The lowest BCUT2D eigenvalue weighted by molar-refractivity contribution is -0.133. The Balaban J connectivity index is 1.51. The van der Waals surface area contributed by atoms with Gasteiger partial charge in [0.15, 0.2) is 0 Å². The summed E-state index contributed by atoms with van der Waals surface area (Å²) in [6.45, 7) is 6.32. The van der Waals surface area contributed by atoms with E-state index in [-0.39, 0.29) is 11.4 Å². The van der Waals surface area contributed by atoms with Crippen molar-refractivity contribution in [1.82, 2.24) is 9.80 Å².